The number of ether oxygens (including phenoxy) is 1. The molecule has 1 aromatic heterocycles. The lowest BCUT2D eigenvalue weighted by Crippen LogP contribution is -2.30. The largest absolute Gasteiger partial charge is 0.370 e. The van der Waals surface area contributed by atoms with Crippen LogP contribution in [0.4, 0.5) is 5.82 Å². The van der Waals surface area contributed by atoms with Crippen molar-refractivity contribution in [2.45, 2.75) is 72.3 Å². The van der Waals surface area contributed by atoms with E-state index in [0.29, 0.717) is 6.61 Å². The van der Waals surface area contributed by atoms with E-state index in [4.69, 9.17) is 14.7 Å². The van der Waals surface area contributed by atoms with Crippen LogP contribution in [0.3, 0.4) is 0 Å². The molecular weight excluding hydrogens is 262 g/mol. The van der Waals surface area contributed by atoms with Crippen molar-refractivity contribution in [2.75, 3.05) is 18.5 Å². The summed E-state index contributed by atoms with van der Waals surface area (Å²) in [4.78, 5) is 9.50. The van der Waals surface area contributed by atoms with Gasteiger partial charge in [-0.25, -0.2) is 9.97 Å². The van der Waals surface area contributed by atoms with E-state index in [-0.39, 0.29) is 5.41 Å². The summed E-state index contributed by atoms with van der Waals surface area (Å²) in [5.74, 6) is 1.67. The number of rotatable bonds is 7. The second-order valence-corrected chi connectivity index (χ2v) is 6.66. The molecule has 0 amide bonds. The van der Waals surface area contributed by atoms with Crippen LogP contribution in [0.1, 0.15) is 72.8 Å². The maximum absolute atomic E-state index is 5.94. The van der Waals surface area contributed by atoms with Gasteiger partial charge in [-0.3, -0.25) is 0 Å². The van der Waals surface area contributed by atoms with Gasteiger partial charge in [-0.1, -0.05) is 34.6 Å². The molecule has 0 spiro atoms. The Kier molecular flexibility index (Phi) is 6.14. The molecule has 120 valence electrons. The molecule has 0 radical (unpaired) electrons. The highest BCUT2D eigenvalue weighted by Crippen LogP contribution is 2.30. The maximum Gasteiger partial charge on any atom is 0.162 e. The average Bonchev–Trinajstić information content (AvgIpc) is 2.44. The highest BCUT2D eigenvalue weighted by molar-refractivity contribution is 5.38. The Morgan fingerprint density at radius 2 is 1.76 bits per heavy atom. The topological polar surface area (TPSA) is 47.0 Å². The van der Waals surface area contributed by atoms with Gasteiger partial charge in [-0.15, -0.1) is 0 Å². The van der Waals surface area contributed by atoms with Gasteiger partial charge >= 0.3 is 0 Å². The van der Waals surface area contributed by atoms with Crippen LogP contribution in [0.25, 0.3) is 0 Å². The van der Waals surface area contributed by atoms with E-state index in [2.05, 4.69) is 52.9 Å². The maximum atomic E-state index is 5.94. The molecule has 0 bridgehead atoms. The minimum atomic E-state index is -0.432. The summed E-state index contributed by atoms with van der Waals surface area (Å²) in [5, 5.41) is 3.38. The van der Waals surface area contributed by atoms with Gasteiger partial charge in [0.2, 0.25) is 0 Å². The zero-order chi connectivity index (χ0) is 16.1. The predicted octanol–water partition coefficient (Wildman–Crippen LogP) is 4.26. The fourth-order valence-electron chi connectivity index (χ4n) is 2.05. The molecule has 0 aromatic carbocycles. The van der Waals surface area contributed by atoms with Crippen molar-refractivity contribution in [3.05, 3.63) is 17.6 Å². The number of nitrogens with zero attached hydrogens (tertiary/aromatic N) is 2. The summed E-state index contributed by atoms with van der Waals surface area (Å²) in [6.45, 7) is 16.4. The summed E-state index contributed by atoms with van der Waals surface area (Å²) < 4.78 is 5.94. The molecule has 0 fully saturated rings. The average molecular weight is 293 g/mol. The Bertz CT molecular complexity index is 454. The van der Waals surface area contributed by atoms with Crippen molar-refractivity contribution >= 4 is 5.82 Å². The minimum Gasteiger partial charge on any atom is -0.370 e. The van der Waals surface area contributed by atoms with Gasteiger partial charge < -0.3 is 10.1 Å². The molecular formula is C17H31N3O. The van der Waals surface area contributed by atoms with Crippen LogP contribution in [0.2, 0.25) is 0 Å². The molecule has 0 saturated carbocycles. The second kappa shape index (κ2) is 7.21. The third-order valence-electron chi connectivity index (χ3n) is 3.66. The first-order chi connectivity index (χ1) is 9.76. The molecule has 1 aromatic rings. The van der Waals surface area contributed by atoms with Crippen LogP contribution in [0, 0.1) is 0 Å². The van der Waals surface area contributed by atoms with E-state index in [1.165, 1.54) is 0 Å². The summed E-state index contributed by atoms with van der Waals surface area (Å²) in [5.41, 5.74) is 0.602. The van der Waals surface area contributed by atoms with Gasteiger partial charge in [0.1, 0.15) is 11.4 Å². The fourth-order valence-corrected chi connectivity index (χ4v) is 2.05. The summed E-state index contributed by atoms with van der Waals surface area (Å²) in [7, 11) is 0. The zero-order valence-corrected chi connectivity index (χ0v) is 14.7. The molecule has 4 nitrogen and oxygen atoms in total. The van der Waals surface area contributed by atoms with Crippen molar-refractivity contribution in [1.82, 2.24) is 9.97 Å². The predicted molar refractivity (Wildman–Crippen MR) is 88.8 cm³/mol. The van der Waals surface area contributed by atoms with Gasteiger partial charge in [0.05, 0.1) is 5.69 Å². The lowest BCUT2D eigenvalue weighted by atomic mass is 9.91. The van der Waals surface area contributed by atoms with Crippen LogP contribution in [-0.2, 0) is 15.8 Å². The fraction of sp³-hybridized carbons (Fsp3) is 0.765. The van der Waals surface area contributed by atoms with Gasteiger partial charge in [-0.2, -0.15) is 0 Å². The standard InChI is InChI=1S/C17H31N3O/c1-8-11-18-14-12-13(16(4,5)6)19-15(20-14)17(7,9-2)21-10-3/h12H,8-11H2,1-7H3,(H,18,19,20). The van der Waals surface area contributed by atoms with Crippen molar-refractivity contribution in [1.29, 1.82) is 0 Å². The number of anilines is 1. The van der Waals surface area contributed by atoms with E-state index >= 15 is 0 Å². The molecule has 1 unspecified atom stereocenters. The van der Waals surface area contributed by atoms with Gasteiger partial charge in [0.15, 0.2) is 5.82 Å². The number of hydrogen-bond donors (Lipinski definition) is 1. The molecule has 1 N–H and O–H groups in total. The van der Waals surface area contributed by atoms with Crippen molar-refractivity contribution in [3.8, 4) is 0 Å². The molecule has 0 aliphatic carbocycles. The van der Waals surface area contributed by atoms with Crippen molar-refractivity contribution in [3.63, 3.8) is 0 Å². The molecule has 0 saturated heterocycles. The van der Waals surface area contributed by atoms with Crippen LogP contribution in [-0.4, -0.2) is 23.1 Å². The normalized spacial score (nSPS) is 14.8. The highest BCUT2D eigenvalue weighted by atomic mass is 16.5. The lowest BCUT2D eigenvalue weighted by Gasteiger charge is -2.29. The van der Waals surface area contributed by atoms with Gasteiger partial charge in [-0.05, 0) is 26.7 Å². The smallest absolute Gasteiger partial charge is 0.162 e. The molecule has 1 heterocycles. The Labute approximate surface area is 129 Å². The molecule has 1 atom stereocenters. The first-order valence-corrected chi connectivity index (χ1v) is 8.04. The first kappa shape index (κ1) is 17.9. The highest BCUT2D eigenvalue weighted by Gasteiger charge is 2.30. The summed E-state index contributed by atoms with van der Waals surface area (Å²) in [6.07, 6.45) is 1.92. The Balaban J connectivity index is 3.29. The number of nitrogens with one attached hydrogen (secondary N) is 1. The monoisotopic (exact) mass is 293 g/mol. The Morgan fingerprint density at radius 1 is 1.10 bits per heavy atom. The third-order valence-corrected chi connectivity index (χ3v) is 3.66. The van der Waals surface area contributed by atoms with E-state index in [1.807, 2.05) is 6.92 Å². The summed E-state index contributed by atoms with van der Waals surface area (Å²) >= 11 is 0. The molecule has 0 aliphatic rings. The van der Waals surface area contributed by atoms with Crippen LogP contribution in [0.15, 0.2) is 6.07 Å². The lowest BCUT2D eigenvalue weighted by molar-refractivity contribution is -0.0391. The first-order valence-electron chi connectivity index (χ1n) is 8.04. The summed E-state index contributed by atoms with van der Waals surface area (Å²) in [6, 6.07) is 2.06. The second-order valence-electron chi connectivity index (χ2n) is 6.66. The number of hydrogen-bond acceptors (Lipinski definition) is 4. The Morgan fingerprint density at radius 3 is 2.24 bits per heavy atom. The van der Waals surface area contributed by atoms with Crippen LogP contribution in [0.5, 0.6) is 0 Å². The number of aromatic nitrogens is 2. The molecule has 4 heteroatoms. The molecule has 21 heavy (non-hydrogen) atoms. The van der Waals surface area contributed by atoms with E-state index in [9.17, 15) is 0 Å². The van der Waals surface area contributed by atoms with Crippen LogP contribution < -0.4 is 5.32 Å². The zero-order valence-electron chi connectivity index (χ0n) is 14.7. The van der Waals surface area contributed by atoms with E-state index in [0.717, 1.165) is 36.7 Å². The van der Waals surface area contributed by atoms with Crippen molar-refractivity contribution in [2.24, 2.45) is 0 Å². The van der Waals surface area contributed by atoms with E-state index < -0.39 is 5.60 Å². The van der Waals surface area contributed by atoms with Gasteiger partial charge in [0.25, 0.3) is 0 Å². The van der Waals surface area contributed by atoms with E-state index in [1.54, 1.807) is 0 Å². The van der Waals surface area contributed by atoms with Gasteiger partial charge in [0, 0.05) is 24.6 Å². The van der Waals surface area contributed by atoms with Crippen LogP contribution >= 0.6 is 0 Å². The molecule has 0 aliphatic heterocycles. The molecule has 1 rings (SSSR count). The van der Waals surface area contributed by atoms with Crippen molar-refractivity contribution < 1.29 is 4.74 Å². The quantitative estimate of drug-likeness (QED) is 0.816. The SMILES string of the molecule is CCCNc1cc(C(C)(C)C)nc(C(C)(CC)OCC)n1. The minimum absolute atomic E-state index is 0.0127. The Hall–Kier alpha value is -1.16. The third kappa shape index (κ3) is 4.67.